The fourth-order valence-corrected chi connectivity index (χ4v) is 2.99. The Balaban J connectivity index is 1.46. The van der Waals surface area contributed by atoms with Crippen molar-refractivity contribution in [2.75, 3.05) is 25.1 Å². The average Bonchev–Trinajstić information content (AvgIpc) is 3.25. The van der Waals surface area contributed by atoms with Crippen molar-refractivity contribution in [2.45, 2.75) is 25.9 Å². The van der Waals surface area contributed by atoms with E-state index in [9.17, 15) is 9.59 Å². The quantitative estimate of drug-likeness (QED) is 0.766. The van der Waals surface area contributed by atoms with Gasteiger partial charge in [0.05, 0.1) is 12.7 Å². The number of rotatable bonds is 6. The third-order valence-electron chi connectivity index (χ3n) is 4.52. The van der Waals surface area contributed by atoms with Crippen molar-refractivity contribution in [3.05, 3.63) is 59.3 Å². The van der Waals surface area contributed by atoms with E-state index in [0.29, 0.717) is 18.7 Å². The predicted octanol–water partition coefficient (Wildman–Crippen LogP) is 2.47. The Morgan fingerprint density at radius 3 is 2.37 bits per heavy atom. The van der Waals surface area contributed by atoms with Crippen molar-refractivity contribution in [2.24, 2.45) is 0 Å². The predicted molar refractivity (Wildman–Crippen MR) is 103 cm³/mol. The maximum absolute atomic E-state index is 12.0. The Hall–Kier alpha value is -3.09. The number of hydrogen-bond donors (Lipinski definition) is 2. The summed E-state index contributed by atoms with van der Waals surface area (Å²) in [5, 5.41) is 5.66. The molecule has 1 saturated heterocycles. The van der Waals surface area contributed by atoms with Crippen molar-refractivity contribution in [3.8, 4) is 0 Å². The molecule has 2 amide bonds. The highest BCUT2D eigenvalue weighted by Crippen LogP contribution is 2.18. The number of carbonyl (C=O) groups is 2. The van der Waals surface area contributed by atoms with Crippen LogP contribution in [0, 0.1) is 0 Å². The molecule has 142 valence electrons. The number of carbonyl (C=O) groups excluding carboxylic acids is 2. The molecule has 27 heavy (non-hydrogen) atoms. The van der Waals surface area contributed by atoms with Gasteiger partial charge in [-0.1, -0.05) is 12.1 Å². The molecule has 7 heteroatoms. The first-order valence-corrected chi connectivity index (χ1v) is 9.04. The number of nitrogens with zero attached hydrogens (tertiary/aromatic N) is 2. The molecule has 1 aliphatic rings. The second kappa shape index (κ2) is 9.02. The van der Waals surface area contributed by atoms with E-state index in [4.69, 9.17) is 0 Å². The van der Waals surface area contributed by atoms with Gasteiger partial charge in [-0.15, -0.1) is 0 Å². The molecule has 3 rings (SSSR count). The lowest BCUT2D eigenvalue weighted by atomic mass is 10.1. The maximum atomic E-state index is 12.0. The molecule has 2 heterocycles. The van der Waals surface area contributed by atoms with Gasteiger partial charge >= 0.3 is 12.0 Å². The number of amides is 2. The summed E-state index contributed by atoms with van der Waals surface area (Å²) in [6, 6.07) is 10.6. The zero-order valence-electron chi connectivity index (χ0n) is 15.4. The minimum Gasteiger partial charge on any atom is -0.465 e. The van der Waals surface area contributed by atoms with Gasteiger partial charge in [-0.25, -0.2) is 14.6 Å². The smallest absolute Gasteiger partial charge is 0.337 e. The molecule has 7 nitrogen and oxygen atoms in total. The second-order valence-corrected chi connectivity index (χ2v) is 6.44. The number of esters is 1. The first kappa shape index (κ1) is 18.7. The van der Waals surface area contributed by atoms with Gasteiger partial charge in [-0.2, -0.15) is 0 Å². The van der Waals surface area contributed by atoms with Gasteiger partial charge in [0.15, 0.2) is 0 Å². The van der Waals surface area contributed by atoms with Gasteiger partial charge in [0, 0.05) is 32.4 Å². The van der Waals surface area contributed by atoms with Crippen LogP contribution >= 0.6 is 0 Å². The molecule has 0 radical (unpaired) electrons. The minimum absolute atomic E-state index is 0.244. The zero-order chi connectivity index (χ0) is 19.1. The molecule has 0 spiro atoms. The average molecular weight is 368 g/mol. The van der Waals surface area contributed by atoms with Gasteiger partial charge in [-0.05, 0) is 48.2 Å². The molecule has 1 aliphatic heterocycles. The maximum Gasteiger partial charge on any atom is 0.337 e. The second-order valence-electron chi connectivity index (χ2n) is 6.44. The first-order chi connectivity index (χ1) is 13.2. The van der Waals surface area contributed by atoms with E-state index in [0.717, 1.165) is 30.0 Å². The normalized spacial score (nSPS) is 13.3. The van der Waals surface area contributed by atoms with Crippen LogP contribution in [0.4, 0.5) is 10.6 Å². The van der Waals surface area contributed by atoms with Crippen LogP contribution in [-0.4, -0.2) is 37.2 Å². The molecule has 0 atom stereocenters. The molecular weight excluding hydrogens is 344 g/mol. The fraction of sp³-hybridized carbons (Fsp3) is 0.350. The van der Waals surface area contributed by atoms with Gasteiger partial charge in [0.1, 0.15) is 5.82 Å². The van der Waals surface area contributed by atoms with Gasteiger partial charge < -0.3 is 20.3 Å². The summed E-state index contributed by atoms with van der Waals surface area (Å²) in [6.07, 6.45) is 4.19. The summed E-state index contributed by atoms with van der Waals surface area (Å²) in [6.45, 7) is 2.90. The number of urea groups is 1. The first-order valence-electron chi connectivity index (χ1n) is 9.04. The highest BCUT2D eigenvalue weighted by atomic mass is 16.5. The number of methoxy groups -OCH3 is 1. The number of anilines is 1. The molecular formula is C20H24N4O3. The summed E-state index contributed by atoms with van der Waals surface area (Å²) in [5.74, 6) is 0.593. The van der Waals surface area contributed by atoms with Crippen LogP contribution in [0.3, 0.4) is 0 Å². The van der Waals surface area contributed by atoms with Gasteiger partial charge in [-0.3, -0.25) is 0 Å². The minimum atomic E-state index is -0.377. The van der Waals surface area contributed by atoms with Gasteiger partial charge in [0.25, 0.3) is 0 Å². The van der Waals surface area contributed by atoms with Crippen LogP contribution in [0.25, 0.3) is 0 Å². The van der Waals surface area contributed by atoms with Crippen molar-refractivity contribution in [1.29, 1.82) is 0 Å². The Labute approximate surface area is 158 Å². The molecule has 1 fully saturated rings. The van der Waals surface area contributed by atoms with Gasteiger partial charge in [0.2, 0.25) is 0 Å². The number of pyridine rings is 1. The van der Waals surface area contributed by atoms with E-state index in [1.165, 1.54) is 20.0 Å². The van der Waals surface area contributed by atoms with Crippen LogP contribution < -0.4 is 15.5 Å². The molecule has 0 bridgehead atoms. The van der Waals surface area contributed by atoms with Crippen molar-refractivity contribution in [1.82, 2.24) is 15.6 Å². The highest BCUT2D eigenvalue weighted by molar-refractivity contribution is 5.89. The lowest BCUT2D eigenvalue weighted by Gasteiger charge is -2.17. The number of aromatic nitrogens is 1. The summed E-state index contributed by atoms with van der Waals surface area (Å²) < 4.78 is 4.66. The number of nitrogens with one attached hydrogen (secondary N) is 2. The van der Waals surface area contributed by atoms with E-state index in [2.05, 4.69) is 25.3 Å². The Morgan fingerprint density at radius 2 is 1.70 bits per heavy atom. The zero-order valence-corrected chi connectivity index (χ0v) is 15.4. The molecule has 2 aromatic rings. The van der Waals surface area contributed by atoms with E-state index in [-0.39, 0.29) is 12.0 Å². The van der Waals surface area contributed by atoms with E-state index in [1.807, 2.05) is 12.1 Å². The summed E-state index contributed by atoms with van der Waals surface area (Å²) >= 11 is 0. The van der Waals surface area contributed by atoms with E-state index < -0.39 is 0 Å². The highest BCUT2D eigenvalue weighted by Gasteiger charge is 2.13. The lowest BCUT2D eigenvalue weighted by molar-refractivity contribution is 0.0600. The monoisotopic (exact) mass is 368 g/mol. The third-order valence-corrected chi connectivity index (χ3v) is 4.52. The standard InChI is InChI=1S/C20H24N4O3/c1-27-19(25)17-6-4-15(5-7-17)13-22-20(26)23-14-16-8-9-21-18(12-16)24-10-2-3-11-24/h4-9,12H,2-3,10-11,13-14H2,1H3,(H2,22,23,26). The van der Waals surface area contributed by atoms with Crippen molar-refractivity contribution < 1.29 is 14.3 Å². The molecule has 0 unspecified atom stereocenters. The van der Waals surface area contributed by atoms with Crippen LogP contribution in [0.2, 0.25) is 0 Å². The van der Waals surface area contributed by atoms with E-state index >= 15 is 0 Å². The lowest BCUT2D eigenvalue weighted by Crippen LogP contribution is -2.34. The number of ether oxygens (including phenoxy) is 1. The van der Waals surface area contributed by atoms with Crippen molar-refractivity contribution >= 4 is 17.8 Å². The fourth-order valence-electron chi connectivity index (χ4n) is 2.99. The van der Waals surface area contributed by atoms with Crippen molar-refractivity contribution in [3.63, 3.8) is 0 Å². The summed E-state index contributed by atoms with van der Waals surface area (Å²) in [7, 11) is 1.35. The largest absolute Gasteiger partial charge is 0.465 e. The topological polar surface area (TPSA) is 83.6 Å². The molecule has 1 aromatic heterocycles. The Morgan fingerprint density at radius 1 is 1.04 bits per heavy atom. The molecule has 0 saturated carbocycles. The van der Waals surface area contributed by atoms with Crippen LogP contribution in [0.5, 0.6) is 0 Å². The molecule has 2 N–H and O–H groups in total. The molecule has 0 aliphatic carbocycles. The Kier molecular flexibility index (Phi) is 6.25. The summed E-state index contributed by atoms with van der Waals surface area (Å²) in [4.78, 5) is 30.1. The number of hydrogen-bond acceptors (Lipinski definition) is 5. The van der Waals surface area contributed by atoms with Crippen LogP contribution in [-0.2, 0) is 17.8 Å². The van der Waals surface area contributed by atoms with Crippen LogP contribution in [0.1, 0.15) is 34.3 Å². The Bertz CT molecular complexity index is 786. The van der Waals surface area contributed by atoms with Crippen LogP contribution in [0.15, 0.2) is 42.6 Å². The number of benzene rings is 1. The van der Waals surface area contributed by atoms with E-state index in [1.54, 1.807) is 30.5 Å². The third kappa shape index (κ3) is 5.20. The SMILES string of the molecule is COC(=O)c1ccc(CNC(=O)NCc2ccnc(N3CCCC3)c2)cc1. The molecule has 1 aromatic carbocycles. The summed E-state index contributed by atoms with van der Waals surface area (Å²) in [5.41, 5.74) is 2.40.